The minimum Gasteiger partial charge on any atom is -0.493 e. The second-order valence-corrected chi connectivity index (χ2v) is 5.62. The lowest BCUT2D eigenvalue weighted by Crippen LogP contribution is -2.37. The van der Waals surface area contributed by atoms with E-state index in [-0.39, 0.29) is 12.1 Å². The molecule has 0 aromatic heterocycles. The Balaban J connectivity index is 1.90. The summed E-state index contributed by atoms with van der Waals surface area (Å²) in [7, 11) is 1.77. The van der Waals surface area contributed by atoms with Crippen molar-refractivity contribution in [2.24, 2.45) is 4.99 Å². The van der Waals surface area contributed by atoms with Crippen LogP contribution in [-0.2, 0) is 0 Å². The summed E-state index contributed by atoms with van der Waals surface area (Å²) >= 11 is 0. The van der Waals surface area contributed by atoms with Gasteiger partial charge in [-0.1, -0.05) is 6.08 Å². The molecule has 0 saturated carbocycles. The minimum absolute atomic E-state index is 0.112. The van der Waals surface area contributed by atoms with Crippen molar-refractivity contribution in [2.45, 2.75) is 19.4 Å². The highest BCUT2D eigenvalue weighted by Crippen LogP contribution is 2.36. The molecule has 2 N–H and O–H groups in total. The van der Waals surface area contributed by atoms with Crippen molar-refractivity contribution in [1.29, 1.82) is 0 Å². The molecule has 1 unspecified atom stereocenters. The topological polar surface area (TPSA) is 66.0 Å². The molecule has 3 rings (SSSR count). The van der Waals surface area contributed by atoms with Gasteiger partial charge in [-0.25, -0.2) is 4.79 Å². The third-order valence-corrected chi connectivity index (χ3v) is 4.04. The molecule has 2 amide bonds. The van der Waals surface area contributed by atoms with E-state index in [1.807, 2.05) is 25.1 Å². The smallest absolute Gasteiger partial charge is 0.321 e. The zero-order valence-electron chi connectivity index (χ0n) is 13.5. The molecule has 0 saturated heterocycles. The van der Waals surface area contributed by atoms with Crippen molar-refractivity contribution >= 4 is 23.6 Å². The van der Waals surface area contributed by atoms with Gasteiger partial charge in [0.05, 0.1) is 19.0 Å². The highest BCUT2D eigenvalue weighted by molar-refractivity contribution is 5.92. The summed E-state index contributed by atoms with van der Waals surface area (Å²) in [6, 6.07) is 5.91. The Morgan fingerprint density at radius 2 is 2.43 bits per heavy atom. The van der Waals surface area contributed by atoms with E-state index < -0.39 is 0 Å². The van der Waals surface area contributed by atoms with Crippen LogP contribution in [0.15, 0.2) is 29.3 Å². The molecule has 0 bridgehead atoms. The predicted molar refractivity (Wildman–Crippen MR) is 92.3 cm³/mol. The maximum atomic E-state index is 12.0. The van der Waals surface area contributed by atoms with Gasteiger partial charge in [0.15, 0.2) is 0 Å². The number of benzene rings is 1. The number of carbonyl (C=O) groups excluding carboxylic acids is 1. The highest BCUT2D eigenvalue weighted by atomic mass is 16.5. The maximum absolute atomic E-state index is 12.0. The van der Waals surface area contributed by atoms with Crippen molar-refractivity contribution in [1.82, 2.24) is 10.6 Å². The van der Waals surface area contributed by atoms with E-state index >= 15 is 0 Å². The largest absolute Gasteiger partial charge is 0.493 e. The molecule has 6 heteroatoms. The van der Waals surface area contributed by atoms with Crippen molar-refractivity contribution in [2.75, 3.05) is 31.6 Å². The first-order valence-electron chi connectivity index (χ1n) is 7.93. The SMILES string of the molecule is CCNC(=O)N(C)c1ccc2c(c1)/C(=C/C1CNC=N1)CCO2. The number of rotatable bonds is 3. The monoisotopic (exact) mass is 314 g/mol. The molecule has 0 spiro atoms. The summed E-state index contributed by atoms with van der Waals surface area (Å²) in [5.74, 6) is 0.866. The van der Waals surface area contributed by atoms with Gasteiger partial charge in [-0.15, -0.1) is 0 Å². The second kappa shape index (κ2) is 6.73. The molecule has 0 radical (unpaired) electrons. The van der Waals surface area contributed by atoms with Crippen LogP contribution in [0.1, 0.15) is 18.9 Å². The van der Waals surface area contributed by atoms with Crippen LogP contribution in [0.4, 0.5) is 10.5 Å². The van der Waals surface area contributed by atoms with Crippen LogP contribution in [0.3, 0.4) is 0 Å². The third kappa shape index (κ3) is 3.31. The summed E-state index contributed by atoms with van der Waals surface area (Å²) in [6.07, 6.45) is 4.79. The van der Waals surface area contributed by atoms with E-state index in [4.69, 9.17) is 4.74 Å². The van der Waals surface area contributed by atoms with Gasteiger partial charge in [0, 0.05) is 37.8 Å². The Hall–Kier alpha value is -2.50. The number of nitrogens with zero attached hydrogens (tertiary/aromatic N) is 2. The molecule has 122 valence electrons. The van der Waals surface area contributed by atoms with Crippen molar-refractivity contribution in [3.63, 3.8) is 0 Å². The van der Waals surface area contributed by atoms with Gasteiger partial charge in [0.25, 0.3) is 0 Å². The number of ether oxygens (including phenoxy) is 1. The van der Waals surface area contributed by atoms with Gasteiger partial charge >= 0.3 is 6.03 Å². The van der Waals surface area contributed by atoms with Crippen LogP contribution in [-0.4, -0.2) is 45.2 Å². The van der Waals surface area contributed by atoms with Crippen LogP contribution < -0.4 is 20.3 Å². The second-order valence-electron chi connectivity index (χ2n) is 5.62. The molecule has 2 heterocycles. The van der Waals surface area contributed by atoms with Crippen LogP contribution in [0, 0.1) is 0 Å². The van der Waals surface area contributed by atoms with Crippen LogP contribution in [0.2, 0.25) is 0 Å². The van der Waals surface area contributed by atoms with E-state index in [9.17, 15) is 4.79 Å². The van der Waals surface area contributed by atoms with E-state index in [0.29, 0.717) is 13.2 Å². The van der Waals surface area contributed by atoms with E-state index in [0.717, 1.165) is 30.0 Å². The summed E-state index contributed by atoms with van der Waals surface area (Å²) < 4.78 is 5.75. The first-order valence-corrected chi connectivity index (χ1v) is 7.93. The Labute approximate surface area is 136 Å². The number of urea groups is 1. The van der Waals surface area contributed by atoms with Crippen molar-refractivity contribution in [3.8, 4) is 5.75 Å². The Morgan fingerprint density at radius 3 is 3.17 bits per heavy atom. The molecule has 6 nitrogen and oxygen atoms in total. The highest BCUT2D eigenvalue weighted by Gasteiger charge is 2.20. The molecular weight excluding hydrogens is 292 g/mol. The number of aliphatic imine (C=N–C) groups is 1. The van der Waals surface area contributed by atoms with Crippen LogP contribution >= 0.6 is 0 Å². The van der Waals surface area contributed by atoms with Crippen LogP contribution in [0.25, 0.3) is 5.57 Å². The van der Waals surface area contributed by atoms with Gasteiger partial charge in [0.2, 0.25) is 0 Å². The van der Waals surface area contributed by atoms with E-state index in [1.54, 1.807) is 18.3 Å². The van der Waals surface area contributed by atoms with E-state index in [1.165, 1.54) is 5.57 Å². The average molecular weight is 314 g/mol. The zero-order chi connectivity index (χ0) is 16.2. The van der Waals surface area contributed by atoms with Crippen molar-refractivity contribution in [3.05, 3.63) is 29.8 Å². The normalized spacial score (nSPS) is 20.6. The lowest BCUT2D eigenvalue weighted by Gasteiger charge is -2.24. The van der Waals surface area contributed by atoms with Gasteiger partial charge in [-0.2, -0.15) is 0 Å². The Morgan fingerprint density at radius 1 is 1.57 bits per heavy atom. The third-order valence-electron chi connectivity index (χ3n) is 4.04. The lowest BCUT2D eigenvalue weighted by molar-refractivity contribution is 0.248. The molecule has 0 aliphatic carbocycles. The number of hydrogen-bond donors (Lipinski definition) is 2. The number of fused-ring (bicyclic) bond motifs is 1. The molecule has 2 aliphatic heterocycles. The Kier molecular flexibility index (Phi) is 4.50. The molecule has 1 aromatic rings. The van der Waals surface area contributed by atoms with E-state index in [2.05, 4.69) is 21.7 Å². The Bertz CT molecular complexity index is 654. The van der Waals surface area contributed by atoms with Gasteiger partial charge in [0.1, 0.15) is 5.75 Å². The van der Waals surface area contributed by atoms with Gasteiger partial charge in [-0.3, -0.25) is 9.89 Å². The lowest BCUT2D eigenvalue weighted by atomic mass is 9.97. The van der Waals surface area contributed by atoms with Crippen molar-refractivity contribution < 1.29 is 9.53 Å². The molecule has 1 atom stereocenters. The quantitative estimate of drug-likeness (QED) is 0.897. The first-order chi connectivity index (χ1) is 11.2. The summed E-state index contributed by atoms with van der Waals surface area (Å²) in [6.45, 7) is 4.02. The molecule has 23 heavy (non-hydrogen) atoms. The maximum Gasteiger partial charge on any atom is 0.321 e. The van der Waals surface area contributed by atoms with Gasteiger partial charge < -0.3 is 15.4 Å². The predicted octanol–water partition coefficient (Wildman–Crippen LogP) is 2.02. The number of carbonyl (C=O) groups is 1. The first kappa shape index (κ1) is 15.4. The summed E-state index contributed by atoms with van der Waals surface area (Å²) in [5.41, 5.74) is 3.12. The number of anilines is 1. The minimum atomic E-state index is -0.112. The molecular formula is C17H22N4O2. The summed E-state index contributed by atoms with van der Waals surface area (Å²) in [5, 5.41) is 5.92. The number of hydrogen-bond acceptors (Lipinski definition) is 4. The zero-order valence-corrected chi connectivity index (χ0v) is 13.5. The average Bonchev–Trinajstić information content (AvgIpc) is 3.07. The van der Waals surface area contributed by atoms with Gasteiger partial charge in [-0.05, 0) is 30.7 Å². The number of amides is 2. The van der Waals surface area contributed by atoms with Crippen LogP contribution in [0.5, 0.6) is 5.75 Å². The molecule has 2 aliphatic rings. The molecule has 1 aromatic carbocycles. The number of nitrogens with one attached hydrogen (secondary N) is 2. The summed E-state index contributed by atoms with van der Waals surface area (Å²) in [4.78, 5) is 18.0. The fraction of sp³-hybridized carbons (Fsp3) is 0.412. The standard InChI is InChI=1S/C17H22N4O2/c1-3-19-17(22)21(2)14-4-5-16-15(9-14)12(6-7-23-16)8-13-10-18-11-20-13/h4-5,8-9,11,13H,3,6-7,10H2,1-2H3,(H,18,20)(H,19,22)/b12-8+. The fourth-order valence-corrected chi connectivity index (χ4v) is 2.78. The molecule has 0 fully saturated rings. The fourth-order valence-electron chi connectivity index (χ4n) is 2.78.